The molecule has 7 heteroatoms. The van der Waals surface area contributed by atoms with Crippen molar-refractivity contribution >= 4 is 23.3 Å². The number of urea groups is 1. The van der Waals surface area contributed by atoms with E-state index in [1.165, 1.54) is 6.92 Å². The van der Waals surface area contributed by atoms with E-state index in [0.29, 0.717) is 30.2 Å². The van der Waals surface area contributed by atoms with Crippen LogP contribution < -0.4 is 10.6 Å². The summed E-state index contributed by atoms with van der Waals surface area (Å²) in [6, 6.07) is 8.02. The Morgan fingerprint density at radius 2 is 2.09 bits per heavy atom. The number of nitrogens with zero attached hydrogens (tertiary/aromatic N) is 2. The summed E-state index contributed by atoms with van der Waals surface area (Å²) in [6.45, 7) is 2.64. The number of Topliss-reactive ketones (excluding diaryl/α,β-unsaturated/α-hetero) is 1. The third-order valence-corrected chi connectivity index (χ3v) is 2.93. The standard InChI is InChI=1S/C15H18N4O3/c1-11(20)12-4-3-5-13(10-12)16-15(21)17-14-6-7-19(18-14)8-9-22-2/h3-7,10H,8-9H2,1-2H3,(H2,16,17,18,21). The van der Waals surface area contributed by atoms with Gasteiger partial charge < -0.3 is 10.1 Å². The van der Waals surface area contributed by atoms with Crippen LogP contribution >= 0.6 is 0 Å². The first-order valence-corrected chi connectivity index (χ1v) is 6.80. The Bertz CT molecular complexity index is 666. The largest absolute Gasteiger partial charge is 0.383 e. The number of rotatable bonds is 6. The highest BCUT2D eigenvalue weighted by Crippen LogP contribution is 2.12. The summed E-state index contributed by atoms with van der Waals surface area (Å²) in [5.41, 5.74) is 1.09. The highest BCUT2D eigenvalue weighted by Gasteiger charge is 2.07. The molecule has 116 valence electrons. The smallest absolute Gasteiger partial charge is 0.324 e. The van der Waals surface area contributed by atoms with Gasteiger partial charge in [-0.15, -0.1) is 0 Å². The van der Waals surface area contributed by atoms with Crippen LogP contribution in [-0.4, -0.2) is 35.3 Å². The number of benzene rings is 1. The third-order valence-electron chi connectivity index (χ3n) is 2.93. The van der Waals surface area contributed by atoms with E-state index in [1.807, 2.05) is 0 Å². The zero-order valence-corrected chi connectivity index (χ0v) is 12.5. The summed E-state index contributed by atoms with van der Waals surface area (Å²) in [6.07, 6.45) is 1.75. The zero-order chi connectivity index (χ0) is 15.9. The van der Waals surface area contributed by atoms with Gasteiger partial charge >= 0.3 is 6.03 Å². The van der Waals surface area contributed by atoms with Crippen molar-refractivity contribution in [2.45, 2.75) is 13.5 Å². The van der Waals surface area contributed by atoms with E-state index in [9.17, 15) is 9.59 Å². The molecule has 1 heterocycles. The van der Waals surface area contributed by atoms with Crippen LogP contribution in [0.5, 0.6) is 0 Å². The first-order chi connectivity index (χ1) is 10.6. The molecule has 2 N–H and O–H groups in total. The fraction of sp³-hybridized carbons (Fsp3) is 0.267. The predicted molar refractivity (Wildman–Crippen MR) is 83.2 cm³/mol. The summed E-state index contributed by atoms with van der Waals surface area (Å²) >= 11 is 0. The molecule has 1 aromatic carbocycles. The van der Waals surface area contributed by atoms with Gasteiger partial charge in [0.1, 0.15) is 0 Å². The van der Waals surface area contributed by atoms with Crippen molar-refractivity contribution in [1.29, 1.82) is 0 Å². The van der Waals surface area contributed by atoms with Gasteiger partial charge in [0.25, 0.3) is 0 Å². The maximum absolute atomic E-state index is 11.9. The van der Waals surface area contributed by atoms with Crippen molar-refractivity contribution in [3.8, 4) is 0 Å². The highest BCUT2D eigenvalue weighted by atomic mass is 16.5. The van der Waals surface area contributed by atoms with Crippen LogP contribution in [0.3, 0.4) is 0 Å². The van der Waals surface area contributed by atoms with E-state index in [2.05, 4.69) is 15.7 Å². The number of ether oxygens (including phenoxy) is 1. The van der Waals surface area contributed by atoms with Gasteiger partial charge in [-0.3, -0.25) is 14.8 Å². The van der Waals surface area contributed by atoms with E-state index in [0.717, 1.165) is 0 Å². The minimum absolute atomic E-state index is 0.0547. The lowest BCUT2D eigenvalue weighted by Crippen LogP contribution is -2.20. The van der Waals surface area contributed by atoms with E-state index in [4.69, 9.17) is 4.74 Å². The number of carbonyl (C=O) groups excluding carboxylic acids is 2. The lowest BCUT2D eigenvalue weighted by Gasteiger charge is -2.06. The number of ketones is 1. The number of hydrogen-bond donors (Lipinski definition) is 2. The van der Waals surface area contributed by atoms with E-state index < -0.39 is 6.03 Å². The number of methoxy groups -OCH3 is 1. The van der Waals surface area contributed by atoms with Crippen LogP contribution in [0.15, 0.2) is 36.5 Å². The fourth-order valence-corrected chi connectivity index (χ4v) is 1.83. The summed E-state index contributed by atoms with van der Waals surface area (Å²) in [7, 11) is 1.62. The maximum Gasteiger partial charge on any atom is 0.324 e. The zero-order valence-electron chi connectivity index (χ0n) is 12.5. The molecule has 0 aliphatic rings. The van der Waals surface area contributed by atoms with Crippen LogP contribution in [0.25, 0.3) is 0 Å². The van der Waals surface area contributed by atoms with E-state index >= 15 is 0 Å². The molecule has 2 aromatic rings. The van der Waals surface area contributed by atoms with Crippen molar-refractivity contribution in [2.24, 2.45) is 0 Å². The first kappa shape index (κ1) is 15.7. The van der Waals surface area contributed by atoms with Gasteiger partial charge in [-0.2, -0.15) is 5.10 Å². The number of hydrogen-bond acceptors (Lipinski definition) is 4. The molecular weight excluding hydrogens is 284 g/mol. The molecule has 0 saturated carbocycles. The molecule has 0 saturated heterocycles. The van der Waals surface area contributed by atoms with Gasteiger partial charge in [0.05, 0.1) is 13.2 Å². The van der Waals surface area contributed by atoms with Crippen molar-refractivity contribution in [3.05, 3.63) is 42.1 Å². The Morgan fingerprint density at radius 1 is 1.27 bits per heavy atom. The molecule has 1 aromatic heterocycles. The second kappa shape index (κ2) is 7.37. The van der Waals surface area contributed by atoms with Crippen molar-refractivity contribution in [3.63, 3.8) is 0 Å². The number of nitrogens with one attached hydrogen (secondary N) is 2. The number of carbonyl (C=O) groups is 2. The van der Waals surface area contributed by atoms with E-state index in [1.54, 1.807) is 48.3 Å². The fourth-order valence-electron chi connectivity index (χ4n) is 1.83. The van der Waals surface area contributed by atoms with Crippen molar-refractivity contribution < 1.29 is 14.3 Å². The summed E-state index contributed by atoms with van der Waals surface area (Å²) in [5, 5.41) is 9.48. The molecule has 0 spiro atoms. The molecule has 0 bridgehead atoms. The molecule has 22 heavy (non-hydrogen) atoms. The second-order valence-electron chi connectivity index (χ2n) is 4.67. The Labute approximate surface area is 128 Å². The van der Waals surface area contributed by atoms with Crippen molar-refractivity contribution in [1.82, 2.24) is 9.78 Å². The molecule has 0 aliphatic carbocycles. The molecule has 2 amide bonds. The minimum Gasteiger partial charge on any atom is -0.383 e. The molecule has 0 fully saturated rings. The average Bonchev–Trinajstić information content (AvgIpc) is 2.92. The molecule has 0 unspecified atom stereocenters. The van der Waals surface area contributed by atoms with Gasteiger partial charge in [-0.05, 0) is 19.1 Å². The van der Waals surface area contributed by atoms with Crippen LogP contribution in [-0.2, 0) is 11.3 Å². The first-order valence-electron chi connectivity index (χ1n) is 6.80. The Kier molecular flexibility index (Phi) is 5.26. The molecule has 7 nitrogen and oxygen atoms in total. The quantitative estimate of drug-likeness (QED) is 0.802. The van der Waals surface area contributed by atoms with E-state index in [-0.39, 0.29) is 5.78 Å². The number of anilines is 2. The van der Waals surface area contributed by atoms with Gasteiger partial charge in [0.15, 0.2) is 11.6 Å². The van der Waals surface area contributed by atoms with Gasteiger partial charge in [0.2, 0.25) is 0 Å². The Morgan fingerprint density at radius 3 is 2.82 bits per heavy atom. The SMILES string of the molecule is COCCn1ccc(NC(=O)Nc2cccc(C(C)=O)c2)n1. The predicted octanol–water partition coefficient (Wildman–Crippen LogP) is 2.38. The van der Waals surface area contributed by atoms with Crippen LogP contribution in [0.2, 0.25) is 0 Å². The molecule has 0 aliphatic heterocycles. The Balaban J connectivity index is 1.93. The van der Waals surface area contributed by atoms with Gasteiger partial charge in [-0.1, -0.05) is 12.1 Å². The van der Waals surface area contributed by atoms with Crippen LogP contribution in [0.4, 0.5) is 16.3 Å². The lowest BCUT2D eigenvalue weighted by atomic mass is 10.1. The Hall–Kier alpha value is -2.67. The molecule has 0 radical (unpaired) electrons. The van der Waals surface area contributed by atoms with Crippen LogP contribution in [0.1, 0.15) is 17.3 Å². The van der Waals surface area contributed by atoms with Crippen LogP contribution in [0, 0.1) is 0 Å². The lowest BCUT2D eigenvalue weighted by molar-refractivity contribution is 0.101. The average molecular weight is 302 g/mol. The monoisotopic (exact) mass is 302 g/mol. The second-order valence-corrected chi connectivity index (χ2v) is 4.67. The molecule has 0 atom stereocenters. The topological polar surface area (TPSA) is 85.2 Å². The van der Waals surface area contributed by atoms with Crippen molar-refractivity contribution in [2.75, 3.05) is 24.4 Å². The highest BCUT2D eigenvalue weighted by molar-refractivity contribution is 6.00. The van der Waals surface area contributed by atoms with Gasteiger partial charge in [0, 0.05) is 30.6 Å². The summed E-state index contributed by atoms with van der Waals surface area (Å²) < 4.78 is 6.63. The normalized spacial score (nSPS) is 10.3. The summed E-state index contributed by atoms with van der Waals surface area (Å²) in [4.78, 5) is 23.2. The number of aromatic nitrogens is 2. The summed E-state index contributed by atoms with van der Waals surface area (Å²) in [5.74, 6) is 0.386. The van der Waals surface area contributed by atoms with Gasteiger partial charge in [-0.25, -0.2) is 4.79 Å². The molecule has 2 rings (SSSR count). The third kappa shape index (κ3) is 4.42. The maximum atomic E-state index is 11.9. The molecular formula is C15H18N4O3. The number of amides is 2. The minimum atomic E-state index is -0.419.